The van der Waals surface area contributed by atoms with Gasteiger partial charge in [0.1, 0.15) is 0 Å². The van der Waals surface area contributed by atoms with E-state index >= 15 is 0 Å². The first-order chi connectivity index (χ1) is 8.04. The fourth-order valence-electron chi connectivity index (χ4n) is 2.56. The standard InChI is InChI=1S/C14H30N2O/c1-14(2,3)13(7-12-17)15-8-6-11-16-9-4-5-10-16/h13,15,17H,4-12H2,1-3H3. The summed E-state index contributed by atoms with van der Waals surface area (Å²) >= 11 is 0. The van der Waals surface area contributed by atoms with Crippen molar-refractivity contribution in [1.82, 2.24) is 10.2 Å². The summed E-state index contributed by atoms with van der Waals surface area (Å²) in [6, 6.07) is 0.422. The number of nitrogens with zero attached hydrogens (tertiary/aromatic N) is 1. The highest BCUT2D eigenvalue weighted by atomic mass is 16.3. The summed E-state index contributed by atoms with van der Waals surface area (Å²) in [7, 11) is 0. The molecule has 1 atom stereocenters. The molecule has 1 aliphatic rings. The minimum atomic E-state index is 0.233. The van der Waals surface area contributed by atoms with Gasteiger partial charge in [-0.25, -0.2) is 0 Å². The Balaban J connectivity index is 2.13. The summed E-state index contributed by atoms with van der Waals surface area (Å²) in [5.74, 6) is 0. The highest BCUT2D eigenvalue weighted by molar-refractivity contribution is 4.80. The van der Waals surface area contributed by atoms with Gasteiger partial charge in [0.15, 0.2) is 0 Å². The van der Waals surface area contributed by atoms with Gasteiger partial charge in [-0.05, 0) is 57.3 Å². The van der Waals surface area contributed by atoms with Gasteiger partial charge in [-0.3, -0.25) is 0 Å². The summed E-state index contributed by atoms with van der Waals surface area (Å²) in [4.78, 5) is 2.56. The molecule has 2 N–H and O–H groups in total. The van der Waals surface area contributed by atoms with Crippen molar-refractivity contribution in [2.45, 2.75) is 52.5 Å². The van der Waals surface area contributed by atoms with Crippen molar-refractivity contribution in [2.24, 2.45) is 5.41 Å². The van der Waals surface area contributed by atoms with Gasteiger partial charge >= 0.3 is 0 Å². The van der Waals surface area contributed by atoms with E-state index < -0.39 is 0 Å². The van der Waals surface area contributed by atoms with Gasteiger partial charge in [0.2, 0.25) is 0 Å². The van der Waals surface area contributed by atoms with Gasteiger partial charge in [-0.2, -0.15) is 0 Å². The first-order valence-electron chi connectivity index (χ1n) is 7.10. The second-order valence-corrected chi connectivity index (χ2v) is 6.29. The van der Waals surface area contributed by atoms with Gasteiger partial charge in [0.25, 0.3) is 0 Å². The van der Waals surface area contributed by atoms with Crippen LogP contribution in [0.5, 0.6) is 0 Å². The summed E-state index contributed by atoms with van der Waals surface area (Å²) in [5, 5.41) is 12.7. The molecule has 102 valence electrons. The first-order valence-corrected chi connectivity index (χ1v) is 7.10. The van der Waals surface area contributed by atoms with Crippen LogP contribution in [0.15, 0.2) is 0 Å². The second-order valence-electron chi connectivity index (χ2n) is 6.29. The summed E-state index contributed by atoms with van der Waals surface area (Å²) in [6.07, 6.45) is 4.83. The lowest BCUT2D eigenvalue weighted by molar-refractivity contribution is 0.195. The van der Waals surface area contributed by atoms with E-state index in [4.69, 9.17) is 5.11 Å². The molecule has 17 heavy (non-hydrogen) atoms. The molecule has 0 bridgehead atoms. The van der Waals surface area contributed by atoms with Crippen LogP contribution in [-0.2, 0) is 0 Å². The SMILES string of the molecule is CC(C)(C)C(CCO)NCCCN1CCCC1. The normalized spacial score (nSPS) is 19.8. The summed E-state index contributed by atoms with van der Waals surface area (Å²) in [6.45, 7) is 11.9. The molecule has 0 aromatic rings. The third-order valence-electron chi connectivity index (χ3n) is 3.70. The Kier molecular flexibility index (Phi) is 6.45. The minimum absolute atomic E-state index is 0.233. The molecule has 1 unspecified atom stereocenters. The Bertz CT molecular complexity index is 195. The highest BCUT2D eigenvalue weighted by Crippen LogP contribution is 2.21. The van der Waals surface area contributed by atoms with Crippen molar-refractivity contribution in [1.29, 1.82) is 0 Å². The van der Waals surface area contributed by atoms with Crippen LogP contribution in [0.2, 0.25) is 0 Å². The van der Waals surface area contributed by atoms with E-state index in [1.54, 1.807) is 0 Å². The van der Waals surface area contributed by atoms with Crippen LogP contribution < -0.4 is 5.32 Å². The molecule has 0 spiro atoms. The maximum atomic E-state index is 9.08. The van der Waals surface area contributed by atoms with Crippen LogP contribution in [0.3, 0.4) is 0 Å². The zero-order valence-electron chi connectivity index (χ0n) is 11.8. The van der Waals surface area contributed by atoms with Crippen molar-refractivity contribution in [3.63, 3.8) is 0 Å². The lowest BCUT2D eigenvalue weighted by Crippen LogP contribution is -2.42. The van der Waals surface area contributed by atoms with Crippen LogP contribution in [0.1, 0.15) is 46.5 Å². The van der Waals surface area contributed by atoms with Crippen molar-refractivity contribution in [2.75, 3.05) is 32.8 Å². The third kappa shape index (κ3) is 5.84. The molecule has 0 saturated carbocycles. The maximum Gasteiger partial charge on any atom is 0.0446 e. The first kappa shape index (κ1) is 14.9. The van der Waals surface area contributed by atoms with Crippen LogP contribution >= 0.6 is 0 Å². The van der Waals surface area contributed by atoms with E-state index in [1.165, 1.54) is 38.9 Å². The largest absolute Gasteiger partial charge is 0.396 e. The van der Waals surface area contributed by atoms with Crippen molar-refractivity contribution < 1.29 is 5.11 Å². The molecule has 0 aliphatic carbocycles. The van der Waals surface area contributed by atoms with Gasteiger partial charge in [-0.1, -0.05) is 20.8 Å². The van der Waals surface area contributed by atoms with Crippen molar-refractivity contribution >= 4 is 0 Å². The predicted octanol–water partition coefficient (Wildman–Crippen LogP) is 1.86. The molecule has 3 nitrogen and oxygen atoms in total. The van der Waals surface area contributed by atoms with Gasteiger partial charge in [-0.15, -0.1) is 0 Å². The van der Waals surface area contributed by atoms with Crippen LogP contribution in [0.4, 0.5) is 0 Å². The van der Waals surface area contributed by atoms with Crippen LogP contribution in [0, 0.1) is 5.41 Å². The Hall–Kier alpha value is -0.120. The Morgan fingerprint density at radius 2 is 1.88 bits per heavy atom. The molecule has 1 fully saturated rings. The monoisotopic (exact) mass is 242 g/mol. The molecule has 0 aromatic heterocycles. The number of aliphatic hydroxyl groups excluding tert-OH is 1. The lowest BCUT2D eigenvalue weighted by atomic mass is 9.85. The molecule has 1 aliphatic heterocycles. The Morgan fingerprint density at radius 3 is 2.41 bits per heavy atom. The molecule has 1 heterocycles. The van der Waals surface area contributed by atoms with E-state index in [0.29, 0.717) is 6.04 Å². The minimum Gasteiger partial charge on any atom is -0.396 e. The zero-order chi connectivity index (χ0) is 12.7. The number of hydrogen-bond acceptors (Lipinski definition) is 3. The fraction of sp³-hybridized carbons (Fsp3) is 1.00. The highest BCUT2D eigenvalue weighted by Gasteiger charge is 2.23. The number of aliphatic hydroxyl groups is 1. The van der Waals surface area contributed by atoms with Crippen molar-refractivity contribution in [3.8, 4) is 0 Å². The summed E-state index contributed by atoms with van der Waals surface area (Å²) < 4.78 is 0. The molecule has 0 amide bonds. The third-order valence-corrected chi connectivity index (χ3v) is 3.70. The average molecular weight is 242 g/mol. The van der Waals surface area contributed by atoms with E-state index in [1.807, 2.05) is 0 Å². The number of nitrogens with one attached hydrogen (secondary N) is 1. The zero-order valence-corrected chi connectivity index (χ0v) is 11.8. The number of hydrogen-bond donors (Lipinski definition) is 2. The Labute approximate surface area is 107 Å². The average Bonchev–Trinajstić information content (AvgIpc) is 2.74. The molecule has 3 heteroatoms. The molecular formula is C14H30N2O. The molecule has 1 saturated heterocycles. The van der Waals surface area contributed by atoms with E-state index in [2.05, 4.69) is 31.0 Å². The molecular weight excluding hydrogens is 212 g/mol. The van der Waals surface area contributed by atoms with Gasteiger partial charge in [0.05, 0.1) is 0 Å². The lowest BCUT2D eigenvalue weighted by Gasteiger charge is -2.31. The number of likely N-dealkylation sites (tertiary alicyclic amines) is 1. The van der Waals surface area contributed by atoms with Gasteiger partial charge < -0.3 is 15.3 Å². The van der Waals surface area contributed by atoms with E-state index in [9.17, 15) is 0 Å². The van der Waals surface area contributed by atoms with E-state index in [0.717, 1.165) is 13.0 Å². The predicted molar refractivity (Wildman–Crippen MR) is 73.2 cm³/mol. The molecule has 0 aromatic carbocycles. The van der Waals surface area contributed by atoms with Crippen LogP contribution in [0.25, 0.3) is 0 Å². The molecule has 1 rings (SSSR count). The topological polar surface area (TPSA) is 35.5 Å². The number of rotatable bonds is 7. The molecule has 0 radical (unpaired) electrons. The van der Waals surface area contributed by atoms with Gasteiger partial charge in [0, 0.05) is 12.6 Å². The second kappa shape index (κ2) is 7.34. The Morgan fingerprint density at radius 1 is 1.24 bits per heavy atom. The maximum absolute atomic E-state index is 9.08. The quantitative estimate of drug-likeness (QED) is 0.669. The van der Waals surface area contributed by atoms with Crippen molar-refractivity contribution in [3.05, 3.63) is 0 Å². The smallest absolute Gasteiger partial charge is 0.0446 e. The fourth-order valence-corrected chi connectivity index (χ4v) is 2.56. The van der Waals surface area contributed by atoms with Crippen LogP contribution in [-0.4, -0.2) is 48.8 Å². The summed E-state index contributed by atoms with van der Waals surface area (Å²) in [5.41, 5.74) is 0.233. The van der Waals surface area contributed by atoms with E-state index in [-0.39, 0.29) is 12.0 Å².